The summed E-state index contributed by atoms with van der Waals surface area (Å²) in [7, 11) is 0. The Morgan fingerprint density at radius 2 is 1.16 bits per heavy atom. The van der Waals surface area contributed by atoms with Gasteiger partial charge in [0, 0.05) is 6.20 Å². The van der Waals surface area contributed by atoms with E-state index in [1.165, 1.54) is 38.9 Å². The number of hydrogen-bond acceptors (Lipinski definition) is 2. The van der Waals surface area contributed by atoms with Gasteiger partial charge in [0.2, 0.25) is 0 Å². The van der Waals surface area contributed by atoms with Crippen LogP contribution in [-0.4, -0.2) is 18.7 Å². The first-order valence-corrected chi connectivity index (χ1v) is 27.0. The molecule has 0 amide bonds. The smallest absolute Gasteiger partial charge is 0.0617 e. The van der Waals surface area contributed by atoms with E-state index in [9.17, 15) is 0 Å². The van der Waals surface area contributed by atoms with Gasteiger partial charge in [-0.1, -0.05) is 63.1 Å². The minimum atomic E-state index is -0.422. The predicted molar refractivity (Wildman–Crippen MR) is 313 cm³/mol. The van der Waals surface area contributed by atoms with Gasteiger partial charge in [-0.2, -0.15) is 0 Å². The van der Waals surface area contributed by atoms with Gasteiger partial charge in [0.1, 0.15) is 0 Å². The Labute approximate surface area is 466 Å². The van der Waals surface area contributed by atoms with Crippen LogP contribution in [0.4, 0.5) is 0 Å². The monoisotopic (exact) mass is 1180 g/mol. The summed E-state index contributed by atoms with van der Waals surface area (Å²) in [5.41, 5.74) is 19.7. The summed E-state index contributed by atoms with van der Waals surface area (Å²) >= 11 is 2.52. The summed E-state index contributed by atoms with van der Waals surface area (Å²) in [6, 6.07) is 72.8. The van der Waals surface area contributed by atoms with Crippen LogP contribution in [0.15, 0.2) is 249 Å². The number of hydrogen-bond donors (Lipinski definition) is 0. The maximum absolute atomic E-state index is 8.81. The number of rotatable bonds is 9. The average molecular weight is 1180 g/mol. The van der Waals surface area contributed by atoms with Gasteiger partial charge in [-0.05, 0) is 28.2 Å². The van der Waals surface area contributed by atoms with Crippen LogP contribution in [0.1, 0.15) is 44.3 Å². The summed E-state index contributed by atoms with van der Waals surface area (Å²) < 4.78 is 57.5. The molecule has 0 saturated carbocycles. The second-order valence-electron chi connectivity index (χ2n) is 20.7. The van der Waals surface area contributed by atoms with Crippen molar-refractivity contribution >= 4 is 32.8 Å². The average Bonchev–Trinajstić information content (AvgIpc) is 4.26. The van der Waals surface area contributed by atoms with Crippen LogP contribution in [0.5, 0.6) is 11.5 Å². The first-order valence-electron chi connectivity index (χ1n) is 28.4. The molecule has 0 unspecified atom stereocenters. The molecule has 0 radical (unpaired) electrons. The zero-order chi connectivity index (χ0) is 56.1. The van der Waals surface area contributed by atoms with Crippen molar-refractivity contribution in [1.82, 2.24) is 18.7 Å². The van der Waals surface area contributed by atoms with Gasteiger partial charge in [0.25, 0.3) is 0 Å². The Balaban J connectivity index is 0.917. The second kappa shape index (κ2) is 18.7. The third kappa shape index (κ3) is 8.13. The normalized spacial score (nSPS) is 13.0. The second-order valence-corrected chi connectivity index (χ2v) is 21.7. The molecule has 0 atom stereocenters. The van der Waals surface area contributed by atoms with Crippen LogP contribution in [0.2, 0.25) is 0 Å². The number of aromatic nitrogens is 4. The van der Waals surface area contributed by atoms with Gasteiger partial charge in [0.05, 0.1) is 6.85 Å². The molecule has 0 fully saturated rings. The molecule has 10 aromatic carbocycles. The Bertz CT molecular complexity index is 4780. The number of benzene rings is 10. The quantitative estimate of drug-likeness (QED) is 0.144. The molecule has 5 nitrogen and oxygen atoms in total. The number of para-hydroxylation sites is 2. The first kappa shape index (κ1) is 41.4. The molecule has 0 aliphatic heterocycles. The van der Waals surface area contributed by atoms with Crippen molar-refractivity contribution in [2.75, 3.05) is 0 Å². The van der Waals surface area contributed by atoms with Crippen LogP contribution < -0.4 is 4.74 Å². The molecule has 3 heterocycles. The van der Waals surface area contributed by atoms with Gasteiger partial charge in [-0.15, -0.1) is 0 Å². The molecule has 0 saturated heterocycles. The van der Waals surface area contributed by atoms with Crippen molar-refractivity contribution < 1.29 is 30.9 Å². The fourth-order valence-electron chi connectivity index (χ4n) is 11.4. The van der Waals surface area contributed by atoms with Gasteiger partial charge >= 0.3 is 364 Å². The van der Waals surface area contributed by atoms with E-state index in [2.05, 4.69) is 212 Å². The number of imidazole rings is 1. The van der Waals surface area contributed by atoms with Gasteiger partial charge in [-0.3, -0.25) is 0 Å². The Hall–Kier alpha value is -8.89. The van der Waals surface area contributed by atoms with E-state index >= 15 is 0 Å². The molecule has 3 aromatic heterocycles. The van der Waals surface area contributed by atoms with Crippen molar-refractivity contribution in [2.45, 2.75) is 32.6 Å². The number of ether oxygens (including phenoxy) is 1. The van der Waals surface area contributed by atoms with Gasteiger partial charge in [-0.25, -0.2) is 0 Å². The summed E-state index contributed by atoms with van der Waals surface area (Å²) in [6.45, 7) is 6.54. The van der Waals surface area contributed by atoms with E-state index in [-0.39, 0.29) is 35.1 Å². The Morgan fingerprint density at radius 3 is 1.91 bits per heavy atom. The van der Waals surface area contributed by atoms with Crippen LogP contribution in [-0.2, 0) is 31.2 Å². The fraction of sp³-hybridized carbons (Fsp3) is 0.0704. The van der Waals surface area contributed by atoms with E-state index in [4.69, 9.17) is 16.6 Å². The van der Waals surface area contributed by atoms with Crippen LogP contribution in [0.3, 0.4) is 0 Å². The zero-order valence-electron chi connectivity index (χ0n) is 47.5. The summed E-state index contributed by atoms with van der Waals surface area (Å²) in [5, 5.41) is 1.73. The van der Waals surface area contributed by atoms with E-state index in [1.54, 1.807) is 0 Å². The van der Waals surface area contributed by atoms with Crippen LogP contribution in [0, 0.1) is 3.80 Å². The number of pyridine rings is 1. The third-order valence-electron chi connectivity index (χ3n) is 15.0. The molecule has 372 valence electrons. The van der Waals surface area contributed by atoms with Crippen molar-refractivity contribution in [3.05, 3.63) is 269 Å². The SMILES string of the molecule is [2H]c1c([2H])c([2H])c(-c2ccc3c(c2)c2ccc(Oc4cccc(-n5[c](=[Pt])n(-c6c(-c7ccccc7)cc7c(c6-c6ccccc6)Cc6cc(-c8ccccc8)ccc6-7)c6ccccc65)c4)cc2n3-c2cc(C(C)(C)C)ccn2)c([2H])c1[2H]. The van der Waals surface area contributed by atoms with Crippen molar-refractivity contribution in [2.24, 2.45) is 0 Å². The summed E-state index contributed by atoms with van der Waals surface area (Å²) in [5.74, 6) is 1.99. The summed E-state index contributed by atoms with van der Waals surface area (Å²) in [6.07, 6.45) is 2.63. The minimum Gasteiger partial charge on any atom is -0.0617 e. The minimum absolute atomic E-state index is 0.151. The maximum atomic E-state index is 8.81. The molecule has 14 rings (SSSR count). The zero-order valence-corrected chi connectivity index (χ0v) is 44.8. The molecule has 0 spiro atoms. The Kier molecular flexibility index (Phi) is 10.1. The van der Waals surface area contributed by atoms with E-state index in [0.717, 1.165) is 82.5 Å². The van der Waals surface area contributed by atoms with Crippen molar-refractivity contribution in [1.29, 1.82) is 0 Å². The molecule has 1 aliphatic rings. The molecule has 0 N–H and O–H groups in total. The molecule has 0 bridgehead atoms. The van der Waals surface area contributed by atoms with E-state index < -0.39 is 6.04 Å². The van der Waals surface area contributed by atoms with Crippen LogP contribution >= 0.6 is 0 Å². The van der Waals surface area contributed by atoms with Crippen molar-refractivity contribution in [3.63, 3.8) is 0 Å². The molecular weight excluding hydrogens is 1120 g/mol. The summed E-state index contributed by atoms with van der Waals surface area (Å²) in [4.78, 5) is 4.92. The molecule has 77 heavy (non-hydrogen) atoms. The van der Waals surface area contributed by atoms with Crippen molar-refractivity contribution in [3.8, 4) is 84.3 Å². The molecular formula is C71H52N4OPt. The Morgan fingerprint density at radius 1 is 0.481 bits per heavy atom. The first-order chi connectivity index (χ1) is 39.8. The predicted octanol–water partition coefficient (Wildman–Crippen LogP) is 18.3. The number of nitrogens with zero attached hydrogens (tertiary/aromatic N) is 4. The topological polar surface area (TPSA) is 36.9 Å². The molecule has 13 aromatic rings. The van der Waals surface area contributed by atoms with Gasteiger partial charge < -0.3 is 0 Å². The third-order valence-corrected chi connectivity index (χ3v) is 16.0. The molecule has 6 heteroatoms. The van der Waals surface area contributed by atoms with E-state index in [0.29, 0.717) is 17.1 Å². The molecule has 1 aliphatic carbocycles. The van der Waals surface area contributed by atoms with Gasteiger partial charge in [0.15, 0.2) is 0 Å². The standard InChI is InChI=1S/C71H52N4O.Pt/c1-71(2,3)54-37-38-72-68(42-54)75-64-36-32-52(48-21-10-5-11-22-48)40-62(64)59-35-33-57(44-67(59)75)76-56-28-18-27-55(43-56)73-46-74(66-30-17-16-29-65(66)73)70-60(49-23-12-6-13-24-49)45-61-58-34-31-51(47-19-8-4-9-20-47)39-53(58)41-63(61)69(70)50-25-14-7-15-26-50;/h4-40,42-45H,41H2,1-3H3;/i5D,10D,11D,21D,22D;. The van der Waals surface area contributed by atoms with E-state index in [1.807, 2.05) is 60.8 Å². The van der Waals surface area contributed by atoms with Crippen LogP contribution in [0.25, 0.3) is 106 Å². The number of fused-ring (bicyclic) bond motifs is 7. The fourth-order valence-corrected chi connectivity index (χ4v) is 12.5.